The van der Waals surface area contributed by atoms with Gasteiger partial charge in [-0.1, -0.05) is 29.5 Å². The second-order valence-electron chi connectivity index (χ2n) is 8.92. The van der Waals surface area contributed by atoms with Crippen molar-refractivity contribution in [3.63, 3.8) is 0 Å². The molecule has 1 aromatic carbocycles. The number of hydrogen-bond donors (Lipinski definition) is 1. The summed E-state index contributed by atoms with van der Waals surface area (Å²) < 4.78 is 0. The maximum atomic E-state index is 12.8. The lowest BCUT2D eigenvalue weighted by atomic mass is 9.97. The van der Waals surface area contributed by atoms with Gasteiger partial charge in [-0.3, -0.25) is 9.69 Å². The summed E-state index contributed by atoms with van der Waals surface area (Å²) in [6, 6.07) is 14.6. The van der Waals surface area contributed by atoms with Gasteiger partial charge in [0.15, 0.2) is 5.13 Å². The highest BCUT2D eigenvalue weighted by Gasteiger charge is 2.27. The van der Waals surface area contributed by atoms with Crippen LogP contribution in [0.2, 0.25) is 0 Å². The Morgan fingerprint density at radius 2 is 1.88 bits per heavy atom. The fourth-order valence-electron chi connectivity index (χ4n) is 4.79. The van der Waals surface area contributed by atoms with Crippen LogP contribution >= 0.6 is 11.3 Å². The molecule has 1 N–H and O–H groups in total. The smallest absolute Gasteiger partial charge is 0.224 e. The average molecular weight is 465 g/mol. The van der Waals surface area contributed by atoms with Crippen molar-refractivity contribution in [2.45, 2.75) is 19.3 Å². The van der Waals surface area contributed by atoms with Gasteiger partial charge in [-0.25, -0.2) is 9.97 Å². The van der Waals surface area contributed by atoms with Gasteiger partial charge in [0.25, 0.3) is 0 Å². The Balaban J connectivity index is 1.03. The number of piperidine rings is 1. The van der Waals surface area contributed by atoms with E-state index in [1.165, 1.54) is 5.69 Å². The van der Waals surface area contributed by atoms with Gasteiger partial charge >= 0.3 is 0 Å². The maximum Gasteiger partial charge on any atom is 0.224 e. The standard InChI is InChI=1S/C25H32N6OS/c32-23(20-7-5-14-31(19-20)25-28-22-10-4-11-27-24(22)33-25)26-12-6-13-29-15-17-30(18-16-29)21-8-2-1-3-9-21/h1-4,8-11,20H,5-7,12-19H2,(H,26,32). The van der Waals surface area contributed by atoms with Gasteiger partial charge in [0, 0.05) is 57.7 Å². The maximum absolute atomic E-state index is 12.8. The molecule has 0 radical (unpaired) electrons. The first-order chi connectivity index (χ1) is 16.3. The lowest BCUT2D eigenvalue weighted by molar-refractivity contribution is -0.125. The zero-order valence-corrected chi connectivity index (χ0v) is 19.8. The summed E-state index contributed by atoms with van der Waals surface area (Å²) in [5.41, 5.74) is 2.25. The monoisotopic (exact) mass is 464 g/mol. The molecule has 4 heterocycles. The lowest BCUT2D eigenvalue weighted by Gasteiger charge is -2.36. The van der Waals surface area contributed by atoms with Crippen LogP contribution < -0.4 is 15.1 Å². The first-order valence-electron chi connectivity index (χ1n) is 12.0. The number of nitrogens with zero attached hydrogens (tertiary/aromatic N) is 5. The van der Waals surface area contributed by atoms with Crippen molar-refractivity contribution in [2.24, 2.45) is 5.92 Å². The Kier molecular flexibility index (Phi) is 7.02. The Bertz CT molecular complexity index is 1020. The number of piperazine rings is 1. The van der Waals surface area contributed by atoms with Crippen LogP contribution in [0.25, 0.3) is 10.3 Å². The van der Waals surface area contributed by atoms with Crippen molar-refractivity contribution in [3.8, 4) is 0 Å². The lowest BCUT2D eigenvalue weighted by Crippen LogP contribution is -2.47. The molecular formula is C25H32N6OS. The Labute approximate surface area is 199 Å². The van der Waals surface area contributed by atoms with E-state index in [0.29, 0.717) is 0 Å². The number of nitrogens with one attached hydrogen (secondary N) is 1. The number of aromatic nitrogens is 2. The zero-order valence-electron chi connectivity index (χ0n) is 19.0. The molecule has 33 heavy (non-hydrogen) atoms. The molecule has 2 fully saturated rings. The summed E-state index contributed by atoms with van der Waals surface area (Å²) in [4.78, 5) is 30.1. The highest BCUT2D eigenvalue weighted by atomic mass is 32.1. The molecule has 2 aromatic heterocycles. The Morgan fingerprint density at radius 3 is 2.70 bits per heavy atom. The summed E-state index contributed by atoms with van der Waals surface area (Å²) in [6.07, 6.45) is 4.77. The molecule has 1 unspecified atom stereocenters. The van der Waals surface area contributed by atoms with Crippen molar-refractivity contribution in [2.75, 3.05) is 62.2 Å². The second-order valence-corrected chi connectivity index (χ2v) is 9.87. The third-order valence-electron chi connectivity index (χ3n) is 6.66. The third-order valence-corrected chi connectivity index (χ3v) is 7.70. The number of hydrogen-bond acceptors (Lipinski definition) is 7. The zero-order chi connectivity index (χ0) is 22.5. The largest absolute Gasteiger partial charge is 0.369 e. The number of carbonyl (C=O) groups excluding carboxylic acids is 1. The Hall–Kier alpha value is -2.71. The summed E-state index contributed by atoms with van der Waals surface area (Å²) in [6.45, 7) is 7.78. The topological polar surface area (TPSA) is 64.6 Å². The minimum atomic E-state index is 0.0353. The minimum Gasteiger partial charge on any atom is -0.369 e. The normalized spacial score (nSPS) is 19.7. The molecule has 5 rings (SSSR count). The van der Waals surface area contributed by atoms with Crippen LogP contribution in [-0.2, 0) is 4.79 Å². The molecule has 174 valence electrons. The predicted octanol–water partition coefficient (Wildman–Crippen LogP) is 3.24. The van der Waals surface area contributed by atoms with Crippen molar-refractivity contribution in [3.05, 3.63) is 48.7 Å². The average Bonchev–Trinajstić information content (AvgIpc) is 3.32. The molecule has 3 aromatic rings. The van der Waals surface area contributed by atoms with E-state index in [9.17, 15) is 4.79 Å². The number of para-hydroxylation sites is 1. The van der Waals surface area contributed by atoms with Crippen LogP contribution in [-0.4, -0.2) is 73.1 Å². The van der Waals surface area contributed by atoms with Crippen LogP contribution in [0.4, 0.5) is 10.8 Å². The molecular weight excluding hydrogens is 432 g/mol. The van der Waals surface area contributed by atoms with Crippen molar-refractivity contribution in [1.29, 1.82) is 0 Å². The van der Waals surface area contributed by atoms with E-state index in [0.717, 1.165) is 87.1 Å². The van der Waals surface area contributed by atoms with E-state index in [2.05, 4.69) is 55.3 Å². The molecule has 7 nitrogen and oxygen atoms in total. The molecule has 2 aliphatic heterocycles. The van der Waals surface area contributed by atoms with Gasteiger partial charge in [0.2, 0.25) is 5.91 Å². The number of fused-ring (bicyclic) bond motifs is 1. The summed E-state index contributed by atoms with van der Waals surface area (Å²) >= 11 is 1.62. The minimum absolute atomic E-state index is 0.0353. The van der Waals surface area contributed by atoms with Crippen molar-refractivity contribution in [1.82, 2.24) is 20.2 Å². The molecule has 2 saturated heterocycles. The number of amides is 1. The summed E-state index contributed by atoms with van der Waals surface area (Å²) in [5, 5.41) is 4.18. The van der Waals surface area contributed by atoms with Crippen LogP contribution in [0.15, 0.2) is 48.7 Å². The highest BCUT2D eigenvalue weighted by molar-refractivity contribution is 7.21. The van der Waals surface area contributed by atoms with Gasteiger partial charge in [-0.2, -0.15) is 0 Å². The number of rotatable bonds is 7. The quantitative estimate of drug-likeness (QED) is 0.542. The van der Waals surface area contributed by atoms with Gasteiger partial charge in [-0.15, -0.1) is 0 Å². The van der Waals surface area contributed by atoms with Crippen molar-refractivity contribution >= 4 is 38.4 Å². The van der Waals surface area contributed by atoms with E-state index in [-0.39, 0.29) is 11.8 Å². The summed E-state index contributed by atoms with van der Waals surface area (Å²) in [5.74, 6) is 0.223. The first kappa shape index (κ1) is 22.1. The van der Waals surface area contributed by atoms with E-state index in [1.807, 2.05) is 12.1 Å². The molecule has 0 bridgehead atoms. The SMILES string of the molecule is O=C(NCCCN1CCN(c2ccccc2)CC1)C1CCCN(c2nc3cccnc3s2)C1. The third kappa shape index (κ3) is 5.45. The van der Waals surface area contributed by atoms with Gasteiger partial charge < -0.3 is 15.1 Å². The second kappa shape index (κ2) is 10.5. The van der Waals surface area contributed by atoms with Crippen LogP contribution in [0.3, 0.4) is 0 Å². The van der Waals surface area contributed by atoms with E-state index < -0.39 is 0 Å². The molecule has 1 amide bonds. The number of carbonyl (C=O) groups is 1. The number of pyridine rings is 1. The number of thiazole rings is 1. The molecule has 8 heteroatoms. The Morgan fingerprint density at radius 1 is 1.03 bits per heavy atom. The van der Waals surface area contributed by atoms with Gasteiger partial charge in [-0.05, 0) is 50.1 Å². The molecule has 1 atom stereocenters. The van der Waals surface area contributed by atoms with Crippen molar-refractivity contribution < 1.29 is 4.79 Å². The summed E-state index contributed by atoms with van der Waals surface area (Å²) in [7, 11) is 0. The van der Waals surface area contributed by atoms with E-state index in [4.69, 9.17) is 4.98 Å². The number of anilines is 2. The predicted molar refractivity (Wildman–Crippen MR) is 135 cm³/mol. The van der Waals surface area contributed by atoms with Crippen LogP contribution in [0.5, 0.6) is 0 Å². The first-order valence-corrected chi connectivity index (χ1v) is 12.8. The fraction of sp³-hybridized carbons (Fsp3) is 0.480. The fourth-order valence-corrected chi connectivity index (χ4v) is 5.73. The van der Waals surface area contributed by atoms with Crippen LogP contribution in [0, 0.1) is 5.92 Å². The van der Waals surface area contributed by atoms with Crippen LogP contribution in [0.1, 0.15) is 19.3 Å². The van der Waals surface area contributed by atoms with Gasteiger partial charge in [0.05, 0.1) is 5.92 Å². The number of benzene rings is 1. The molecule has 0 spiro atoms. The molecule has 2 aliphatic rings. The molecule has 0 aliphatic carbocycles. The van der Waals surface area contributed by atoms with E-state index >= 15 is 0 Å². The van der Waals surface area contributed by atoms with E-state index in [1.54, 1.807) is 17.5 Å². The molecule has 0 saturated carbocycles. The highest BCUT2D eigenvalue weighted by Crippen LogP contribution is 2.30. The van der Waals surface area contributed by atoms with Gasteiger partial charge in [0.1, 0.15) is 10.3 Å².